The largest absolute Gasteiger partial charge is 0.449 e. The summed E-state index contributed by atoms with van der Waals surface area (Å²) in [6.45, 7) is 0.458. The number of nitrogens with one attached hydrogen (secondary N) is 1. The molecule has 1 aromatic heterocycles. The fourth-order valence-corrected chi connectivity index (χ4v) is 4.11. The number of furan rings is 1. The molecule has 1 N–H and O–H groups in total. The number of carbonyl (C=O) groups is 2. The molecule has 2 aliphatic rings. The fraction of sp³-hybridized carbons (Fsp3) is 0.500. The number of amides is 1. The number of hydrogen-bond acceptors (Lipinski definition) is 4. The zero-order chi connectivity index (χ0) is 21.7. The number of halogens is 5. The van der Waals surface area contributed by atoms with Crippen LogP contribution in [0.5, 0.6) is 0 Å². The van der Waals surface area contributed by atoms with Crippen LogP contribution < -0.4 is 10.2 Å². The van der Waals surface area contributed by atoms with Gasteiger partial charge in [0.1, 0.15) is 11.4 Å². The second kappa shape index (κ2) is 7.24. The van der Waals surface area contributed by atoms with Crippen molar-refractivity contribution in [2.45, 2.75) is 37.8 Å². The lowest BCUT2D eigenvalue weighted by atomic mass is 9.82. The normalized spacial score (nSPS) is 22.0. The lowest BCUT2D eigenvalue weighted by molar-refractivity contribution is -0.138. The van der Waals surface area contributed by atoms with E-state index in [-0.39, 0.29) is 67.1 Å². The molecule has 1 aliphatic carbocycles. The first kappa shape index (κ1) is 20.6. The third-order valence-corrected chi connectivity index (χ3v) is 5.73. The minimum atomic E-state index is -4.58. The molecule has 1 fully saturated rings. The topological polar surface area (TPSA) is 62.6 Å². The molecule has 2 heterocycles. The summed E-state index contributed by atoms with van der Waals surface area (Å²) in [5.74, 6) is -5.05. The Morgan fingerprint density at radius 1 is 1.23 bits per heavy atom. The monoisotopic (exact) mass is 430 g/mol. The summed E-state index contributed by atoms with van der Waals surface area (Å²) in [5, 5.41) is 2.70. The molecule has 0 bridgehead atoms. The average molecular weight is 430 g/mol. The molecule has 0 spiro atoms. The van der Waals surface area contributed by atoms with Crippen molar-refractivity contribution in [2.75, 3.05) is 24.5 Å². The van der Waals surface area contributed by atoms with Gasteiger partial charge in [-0.3, -0.25) is 9.59 Å². The number of rotatable bonds is 3. The molecule has 4 rings (SSSR count). The summed E-state index contributed by atoms with van der Waals surface area (Å²) in [6.07, 6.45) is -5.48. The number of ketones is 1. The van der Waals surface area contributed by atoms with Gasteiger partial charge in [0, 0.05) is 50.2 Å². The molecule has 1 atom stereocenters. The number of Topliss-reactive ketones (excluding diaryl/α,β-unsaturated/α-hetero) is 1. The minimum absolute atomic E-state index is 0.0298. The Hall–Kier alpha value is -2.65. The molecular formula is C20H19F5N2O3. The summed E-state index contributed by atoms with van der Waals surface area (Å²) in [5.41, 5.74) is -0.627. The summed E-state index contributed by atoms with van der Waals surface area (Å²) in [7, 11) is 0. The molecule has 5 nitrogen and oxygen atoms in total. The molecule has 30 heavy (non-hydrogen) atoms. The molecule has 1 unspecified atom stereocenters. The number of alkyl halides is 5. The maximum absolute atomic E-state index is 14.2. The number of anilines is 1. The van der Waals surface area contributed by atoms with Crippen LogP contribution in [0, 0.1) is 5.92 Å². The predicted molar refractivity (Wildman–Crippen MR) is 97.7 cm³/mol. The van der Waals surface area contributed by atoms with E-state index in [4.69, 9.17) is 4.42 Å². The van der Waals surface area contributed by atoms with Crippen LogP contribution >= 0.6 is 0 Å². The average Bonchev–Trinajstić information content (AvgIpc) is 2.97. The van der Waals surface area contributed by atoms with Crippen molar-refractivity contribution >= 4 is 28.3 Å². The van der Waals surface area contributed by atoms with Crippen LogP contribution in [0.3, 0.4) is 0 Å². The number of carbonyl (C=O) groups excluding carboxylic acids is 2. The Kier molecular flexibility index (Phi) is 4.98. The second-order valence-corrected chi connectivity index (χ2v) is 7.72. The maximum atomic E-state index is 14.2. The van der Waals surface area contributed by atoms with Crippen molar-refractivity contribution in [3.8, 4) is 0 Å². The van der Waals surface area contributed by atoms with Gasteiger partial charge in [-0.2, -0.15) is 13.2 Å². The van der Waals surface area contributed by atoms with E-state index in [0.717, 1.165) is 18.2 Å². The van der Waals surface area contributed by atoms with Gasteiger partial charge >= 0.3 is 6.18 Å². The number of benzene rings is 1. The van der Waals surface area contributed by atoms with Crippen LogP contribution in [0.2, 0.25) is 0 Å². The van der Waals surface area contributed by atoms with Gasteiger partial charge in [-0.05, 0) is 24.6 Å². The van der Waals surface area contributed by atoms with Crippen LogP contribution in [-0.2, 0) is 11.0 Å². The zero-order valence-electron chi connectivity index (χ0n) is 15.8. The molecule has 2 aromatic rings. The Bertz CT molecular complexity index is 998. The van der Waals surface area contributed by atoms with E-state index >= 15 is 0 Å². The highest BCUT2D eigenvalue weighted by atomic mass is 19.4. The van der Waals surface area contributed by atoms with E-state index < -0.39 is 35.9 Å². The van der Waals surface area contributed by atoms with E-state index in [9.17, 15) is 31.5 Å². The quantitative estimate of drug-likeness (QED) is 0.734. The highest BCUT2D eigenvalue weighted by molar-refractivity contribution is 6.07. The molecule has 1 aliphatic heterocycles. The molecule has 10 heteroatoms. The highest BCUT2D eigenvalue weighted by Gasteiger charge is 2.44. The number of fused-ring (bicyclic) bond motifs is 3. The Morgan fingerprint density at radius 2 is 2.00 bits per heavy atom. The summed E-state index contributed by atoms with van der Waals surface area (Å²) < 4.78 is 73.5. The standard InChI is InChI=1S/C20H19F5N2O3/c21-19(22)5-3-13(28)9-11(19)4-7-27-8-6-26-18(29)17-16(27)14-10-12(20(23,24)25)1-2-15(14)30-17/h1-2,10-11H,3-9H2,(H,26,29). The molecule has 0 saturated heterocycles. The Morgan fingerprint density at radius 3 is 2.73 bits per heavy atom. The fourth-order valence-electron chi connectivity index (χ4n) is 4.11. The van der Waals surface area contributed by atoms with Crippen LogP contribution in [0.25, 0.3) is 11.0 Å². The van der Waals surface area contributed by atoms with Crippen LogP contribution in [-0.4, -0.2) is 37.2 Å². The van der Waals surface area contributed by atoms with E-state index in [0.29, 0.717) is 0 Å². The van der Waals surface area contributed by atoms with Crippen LogP contribution in [0.4, 0.5) is 27.6 Å². The van der Waals surface area contributed by atoms with Gasteiger partial charge < -0.3 is 14.6 Å². The molecule has 0 radical (unpaired) electrons. The van der Waals surface area contributed by atoms with Gasteiger partial charge in [0.25, 0.3) is 11.8 Å². The summed E-state index contributed by atoms with van der Waals surface area (Å²) >= 11 is 0. The number of nitrogens with zero attached hydrogens (tertiary/aromatic N) is 1. The van der Waals surface area contributed by atoms with Crippen molar-refractivity contribution in [3.05, 3.63) is 29.5 Å². The first-order valence-corrected chi connectivity index (χ1v) is 9.62. The van der Waals surface area contributed by atoms with E-state index in [1.807, 2.05) is 0 Å². The van der Waals surface area contributed by atoms with E-state index in [2.05, 4.69) is 5.32 Å². The van der Waals surface area contributed by atoms with Gasteiger partial charge in [0.2, 0.25) is 5.76 Å². The highest BCUT2D eigenvalue weighted by Crippen LogP contribution is 2.42. The molecule has 1 amide bonds. The minimum Gasteiger partial charge on any atom is -0.449 e. The van der Waals surface area contributed by atoms with E-state index in [1.54, 1.807) is 4.90 Å². The molecule has 1 aromatic carbocycles. The lowest BCUT2D eigenvalue weighted by Crippen LogP contribution is -2.39. The van der Waals surface area contributed by atoms with Crippen molar-refractivity contribution in [2.24, 2.45) is 5.92 Å². The number of hydrogen-bond donors (Lipinski definition) is 1. The van der Waals surface area contributed by atoms with Crippen molar-refractivity contribution in [1.29, 1.82) is 0 Å². The lowest BCUT2D eigenvalue weighted by Gasteiger charge is -2.32. The van der Waals surface area contributed by atoms with Gasteiger partial charge in [0.15, 0.2) is 0 Å². The van der Waals surface area contributed by atoms with Gasteiger partial charge in [0.05, 0.1) is 11.3 Å². The molecule has 1 saturated carbocycles. The predicted octanol–water partition coefficient (Wildman–Crippen LogP) is 4.40. The Labute approximate surface area is 168 Å². The van der Waals surface area contributed by atoms with Crippen LogP contribution in [0.15, 0.2) is 22.6 Å². The second-order valence-electron chi connectivity index (χ2n) is 7.72. The summed E-state index contributed by atoms with van der Waals surface area (Å²) in [4.78, 5) is 25.6. The first-order chi connectivity index (χ1) is 14.1. The van der Waals surface area contributed by atoms with Gasteiger partial charge in [-0.1, -0.05) is 0 Å². The smallest absolute Gasteiger partial charge is 0.416 e. The van der Waals surface area contributed by atoms with E-state index in [1.165, 1.54) is 0 Å². The maximum Gasteiger partial charge on any atom is 0.416 e. The van der Waals surface area contributed by atoms with Crippen molar-refractivity contribution < 1.29 is 36.0 Å². The van der Waals surface area contributed by atoms with Gasteiger partial charge in [-0.25, -0.2) is 8.78 Å². The molecular weight excluding hydrogens is 411 g/mol. The summed E-state index contributed by atoms with van der Waals surface area (Å²) in [6, 6.07) is 2.91. The third-order valence-electron chi connectivity index (χ3n) is 5.73. The van der Waals surface area contributed by atoms with Crippen molar-refractivity contribution in [3.63, 3.8) is 0 Å². The Balaban J connectivity index is 1.69. The first-order valence-electron chi connectivity index (χ1n) is 9.62. The third kappa shape index (κ3) is 3.75. The van der Waals surface area contributed by atoms with Crippen LogP contribution in [0.1, 0.15) is 41.8 Å². The van der Waals surface area contributed by atoms with Crippen molar-refractivity contribution in [1.82, 2.24) is 5.32 Å². The van der Waals surface area contributed by atoms with Gasteiger partial charge in [-0.15, -0.1) is 0 Å². The zero-order valence-corrected chi connectivity index (χ0v) is 15.8. The molecule has 162 valence electrons. The SMILES string of the molecule is O=C1CCC(F)(F)C(CCN2CCNC(=O)c3oc4ccc(C(F)(F)F)cc4c32)C1.